The number of aldehydes is 1. The van der Waals surface area contributed by atoms with Gasteiger partial charge in [-0.25, -0.2) is 4.68 Å². The van der Waals surface area contributed by atoms with Crippen molar-refractivity contribution in [2.45, 2.75) is 13.5 Å². The highest BCUT2D eigenvalue weighted by molar-refractivity contribution is 5.72. The lowest BCUT2D eigenvalue weighted by atomic mass is 10.3. The van der Waals surface area contributed by atoms with Crippen molar-refractivity contribution < 1.29 is 9.21 Å². The van der Waals surface area contributed by atoms with Crippen LogP contribution in [0.15, 0.2) is 22.7 Å². The van der Waals surface area contributed by atoms with E-state index >= 15 is 0 Å². The van der Waals surface area contributed by atoms with Gasteiger partial charge in [0.15, 0.2) is 17.8 Å². The van der Waals surface area contributed by atoms with Gasteiger partial charge in [0.25, 0.3) is 0 Å². The van der Waals surface area contributed by atoms with E-state index in [1.54, 1.807) is 23.0 Å². The molecule has 14 heavy (non-hydrogen) atoms. The van der Waals surface area contributed by atoms with Crippen LogP contribution in [0.3, 0.4) is 0 Å². The van der Waals surface area contributed by atoms with Crippen molar-refractivity contribution in [3.63, 3.8) is 0 Å². The minimum Gasteiger partial charge on any atom is -0.452 e. The molecule has 0 aliphatic rings. The third-order valence-corrected chi connectivity index (χ3v) is 1.91. The first kappa shape index (κ1) is 8.68. The summed E-state index contributed by atoms with van der Waals surface area (Å²) in [7, 11) is 0. The van der Waals surface area contributed by atoms with Crippen LogP contribution in [0.1, 0.15) is 17.5 Å². The summed E-state index contributed by atoms with van der Waals surface area (Å²) in [6, 6.07) is 3.35. The van der Waals surface area contributed by atoms with Gasteiger partial charge >= 0.3 is 0 Å². The Morgan fingerprint density at radius 2 is 2.43 bits per heavy atom. The molecule has 5 nitrogen and oxygen atoms in total. The van der Waals surface area contributed by atoms with Gasteiger partial charge in [0.05, 0.1) is 6.20 Å². The van der Waals surface area contributed by atoms with Crippen molar-refractivity contribution in [2.24, 2.45) is 0 Å². The molecule has 2 aromatic heterocycles. The second-order valence-corrected chi connectivity index (χ2v) is 2.75. The summed E-state index contributed by atoms with van der Waals surface area (Å²) in [5.41, 5.74) is 0.778. The second-order valence-electron chi connectivity index (χ2n) is 2.75. The summed E-state index contributed by atoms with van der Waals surface area (Å²) in [6.07, 6.45) is 2.28. The fourth-order valence-corrected chi connectivity index (χ4v) is 1.24. The molecule has 0 atom stereocenters. The highest BCUT2D eigenvalue weighted by Gasteiger charge is 2.09. The van der Waals surface area contributed by atoms with Gasteiger partial charge in [-0.2, -0.15) is 0 Å². The first-order chi connectivity index (χ1) is 6.85. The molecule has 5 heteroatoms. The van der Waals surface area contributed by atoms with E-state index in [9.17, 15) is 4.79 Å². The molecule has 0 bridgehead atoms. The van der Waals surface area contributed by atoms with Crippen LogP contribution in [-0.2, 0) is 6.54 Å². The summed E-state index contributed by atoms with van der Waals surface area (Å²) >= 11 is 0. The Morgan fingerprint density at radius 3 is 3.07 bits per heavy atom. The molecule has 0 unspecified atom stereocenters. The molecule has 0 N–H and O–H groups in total. The number of rotatable bonds is 3. The normalized spacial score (nSPS) is 10.4. The number of nitrogens with zero attached hydrogens (tertiary/aromatic N) is 3. The van der Waals surface area contributed by atoms with E-state index < -0.39 is 0 Å². The Morgan fingerprint density at radius 1 is 1.57 bits per heavy atom. The quantitative estimate of drug-likeness (QED) is 0.687. The molecule has 0 fully saturated rings. The number of aryl methyl sites for hydroxylation is 1. The van der Waals surface area contributed by atoms with Gasteiger partial charge in [-0.15, -0.1) is 5.10 Å². The molecule has 0 aliphatic carbocycles. The predicted molar refractivity (Wildman–Crippen MR) is 48.8 cm³/mol. The van der Waals surface area contributed by atoms with Gasteiger partial charge in [0.1, 0.15) is 5.69 Å². The molecule has 0 radical (unpaired) electrons. The van der Waals surface area contributed by atoms with E-state index in [2.05, 4.69) is 10.3 Å². The van der Waals surface area contributed by atoms with Crippen LogP contribution in [-0.4, -0.2) is 21.3 Å². The van der Waals surface area contributed by atoms with Gasteiger partial charge in [0.2, 0.25) is 0 Å². The number of hydrogen-bond acceptors (Lipinski definition) is 4. The molecule has 0 aliphatic heterocycles. The van der Waals surface area contributed by atoms with Crippen molar-refractivity contribution in [1.82, 2.24) is 15.0 Å². The summed E-state index contributed by atoms with van der Waals surface area (Å²) in [4.78, 5) is 10.4. The number of carbonyl (C=O) groups excluding carboxylic acids is 1. The average molecular weight is 191 g/mol. The van der Waals surface area contributed by atoms with E-state index in [0.29, 0.717) is 24.4 Å². The summed E-state index contributed by atoms with van der Waals surface area (Å²) < 4.78 is 6.95. The van der Waals surface area contributed by atoms with Crippen LogP contribution in [0.2, 0.25) is 0 Å². The van der Waals surface area contributed by atoms with E-state index in [0.717, 1.165) is 5.69 Å². The van der Waals surface area contributed by atoms with E-state index in [1.165, 1.54) is 0 Å². The summed E-state index contributed by atoms with van der Waals surface area (Å²) in [5.74, 6) is 0.919. The van der Waals surface area contributed by atoms with Gasteiger partial charge in [-0.3, -0.25) is 4.79 Å². The molecule has 0 saturated heterocycles. The van der Waals surface area contributed by atoms with Gasteiger partial charge in [-0.05, 0) is 19.1 Å². The topological polar surface area (TPSA) is 60.9 Å². The number of aromatic nitrogens is 3. The fraction of sp³-hybridized carbons (Fsp3) is 0.222. The van der Waals surface area contributed by atoms with Crippen LogP contribution in [0, 0.1) is 0 Å². The smallest absolute Gasteiger partial charge is 0.185 e. The van der Waals surface area contributed by atoms with Gasteiger partial charge < -0.3 is 4.42 Å². The molecule has 0 spiro atoms. The minimum atomic E-state index is 0.309. The number of furan rings is 1. The van der Waals surface area contributed by atoms with Crippen LogP contribution in [0.25, 0.3) is 11.5 Å². The second kappa shape index (κ2) is 3.45. The van der Waals surface area contributed by atoms with Gasteiger partial charge in [0, 0.05) is 6.54 Å². The van der Waals surface area contributed by atoms with Crippen molar-refractivity contribution in [3.05, 3.63) is 24.1 Å². The van der Waals surface area contributed by atoms with Gasteiger partial charge in [-0.1, -0.05) is 5.21 Å². The van der Waals surface area contributed by atoms with Crippen LogP contribution < -0.4 is 0 Å². The third-order valence-electron chi connectivity index (χ3n) is 1.91. The Hall–Kier alpha value is -1.91. The molecular weight excluding hydrogens is 182 g/mol. The third kappa shape index (κ3) is 1.32. The Bertz CT molecular complexity index is 444. The summed E-state index contributed by atoms with van der Waals surface area (Å²) in [5, 5.41) is 7.63. The minimum absolute atomic E-state index is 0.309. The molecule has 0 aromatic carbocycles. The monoisotopic (exact) mass is 191 g/mol. The maximum Gasteiger partial charge on any atom is 0.185 e. The highest BCUT2D eigenvalue weighted by Crippen LogP contribution is 2.19. The fourth-order valence-electron chi connectivity index (χ4n) is 1.24. The van der Waals surface area contributed by atoms with E-state index in [4.69, 9.17) is 4.42 Å². The van der Waals surface area contributed by atoms with Crippen LogP contribution in [0.4, 0.5) is 0 Å². The lowest BCUT2D eigenvalue weighted by Gasteiger charge is -1.97. The average Bonchev–Trinajstić information content (AvgIpc) is 2.85. The molecular formula is C9H9N3O2. The highest BCUT2D eigenvalue weighted by atomic mass is 16.3. The lowest BCUT2D eigenvalue weighted by Crippen LogP contribution is -1.98. The first-order valence-corrected chi connectivity index (χ1v) is 4.29. The van der Waals surface area contributed by atoms with Crippen LogP contribution in [0.5, 0.6) is 0 Å². The standard InChI is InChI=1S/C9H9N3O2/c1-2-12-8(5-10-11-12)9-4-3-7(6-13)14-9/h3-6H,2H2,1H3. The maximum atomic E-state index is 10.4. The molecule has 0 amide bonds. The SMILES string of the molecule is CCn1nncc1-c1ccc(C=O)o1. The molecule has 2 rings (SSSR count). The summed E-state index contributed by atoms with van der Waals surface area (Å²) in [6.45, 7) is 2.67. The van der Waals surface area contributed by atoms with E-state index in [-0.39, 0.29) is 0 Å². The van der Waals surface area contributed by atoms with Crippen LogP contribution >= 0.6 is 0 Å². The molecule has 72 valence electrons. The zero-order chi connectivity index (χ0) is 9.97. The predicted octanol–water partition coefficient (Wildman–Crippen LogP) is 1.37. The maximum absolute atomic E-state index is 10.4. The number of carbonyl (C=O) groups is 1. The van der Waals surface area contributed by atoms with Crippen molar-refractivity contribution >= 4 is 6.29 Å². The zero-order valence-electron chi connectivity index (χ0n) is 7.67. The Kier molecular flexibility index (Phi) is 2.14. The lowest BCUT2D eigenvalue weighted by molar-refractivity contribution is 0.110. The van der Waals surface area contributed by atoms with Crippen molar-refractivity contribution in [1.29, 1.82) is 0 Å². The van der Waals surface area contributed by atoms with Crippen molar-refractivity contribution in [2.75, 3.05) is 0 Å². The zero-order valence-corrected chi connectivity index (χ0v) is 7.67. The molecule has 0 saturated carbocycles. The molecule has 2 heterocycles. The molecule has 2 aromatic rings. The first-order valence-electron chi connectivity index (χ1n) is 4.29. The Balaban J connectivity index is 2.43. The largest absolute Gasteiger partial charge is 0.452 e. The van der Waals surface area contributed by atoms with E-state index in [1.807, 2.05) is 6.92 Å². The Labute approximate surface area is 80.3 Å². The number of hydrogen-bond donors (Lipinski definition) is 0. The van der Waals surface area contributed by atoms with Crippen molar-refractivity contribution in [3.8, 4) is 11.5 Å².